The summed E-state index contributed by atoms with van der Waals surface area (Å²) in [5.74, 6) is 0.278. The summed E-state index contributed by atoms with van der Waals surface area (Å²) in [6.45, 7) is 10.1. The number of aryl methyl sites for hydroxylation is 1. The average molecular weight is 320 g/mol. The maximum Gasteiger partial charge on any atom is 0.226 e. The Labute approximate surface area is 138 Å². The van der Waals surface area contributed by atoms with Gasteiger partial charge in [0.15, 0.2) is 0 Å². The van der Waals surface area contributed by atoms with Crippen LogP contribution >= 0.6 is 0 Å². The zero-order valence-electron chi connectivity index (χ0n) is 14.7. The highest BCUT2D eigenvalue weighted by atomic mass is 16.5. The molecule has 1 aromatic carbocycles. The topological polar surface area (TPSA) is 67.4 Å². The highest BCUT2D eigenvalue weighted by molar-refractivity contribution is 5.99. The minimum absolute atomic E-state index is 0.126. The predicted octanol–water partition coefficient (Wildman–Crippen LogP) is 3.73. The Hall–Kier alpha value is -1.88. The van der Waals surface area contributed by atoms with Gasteiger partial charge in [-0.3, -0.25) is 9.59 Å². The number of hydrogen-bond acceptors (Lipinski definition) is 3. The van der Waals surface area contributed by atoms with Gasteiger partial charge >= 0.3 is 0 Å². The van der Waals surface area contributed by atoms with Crippen LogP contribution in [0.1, 0.15) is 46.1 Å². The molecule has 1 aromatic rings. The lowest BCUT2D eigenvalue weighted by Gasteiger charge is -2.15. The number of benzene rings is 1. The molecule has 1 rings (SSSR count). The van der Waals surface area contributed by atoms with Gasteiger partial charge in [0.05, 0.1) is 30.5 Å². The van der Waals surface area contributed by atoms with Gasteiger partial charge in [0, 0.05) is 6.92 Å². The summed E-state index contributed by atoms with van der Waals surface area (Å²) in [6, 6.07) is 5.51. The second kappa shape index (κ2) is 9.30. The van der Waals surface area contributed by atoms with Crippen molar-refractivity contribution in [3.63, 3.8) is 0 Å². The largest absolute Gasteiger partial charge is 0.378 e. The third-order valence-corrected chi connectivity index (χ3v) is 3.29. The second-order valence-electron chi connectivity index (χ2n) is 6.34. The van der Waals surface area contributed by atoms with Gasteiger partial charge in [-0.25, -0.2) is 0 Å². The summed E-state index contributed by atoms with van der Waals surface area (Å²) in [7, 11) is 0. The zero-order chi connectivity index (χ0) is 17.4. The van der Waals surface area contributed by atoms with Crippen molar-refractivity contribution in [2.24, 2.45) is 5.92 Å². The maximum absolute atomic E-state index is 12.1. The first-order valence-electron chi connectivity index (χ1n) is 8.07. The molecule has 0 unspecified atom stereocenters. The minimum atomic E-state index is -0.171. The quantitative estimate of drug-likeness (QED) is 0.767. The summed E-state index contributed by atoms with van der Waals surface area (Å²) in [4.78, 5) is 23.3. The lowest BCUT2D eigenvalue weighted by molar-refractivity contribution is -0.118. The van der Waals surface area contributed by atoms with E-state index in [0.717, 1.165) is 12.0 Å². The highest BCUT2D eigenvalue weighted by Crippen LogP contribution is 2.23. The molecule has 0 heterocycles. The molecular weight excluding hydrogens is 292 g/mol. The Morgan fingerprint density at radius 3 is 2.43 bits per heavy atom. The van der Waals surface area contributed by atoms with Gasteiger partial charge in [-0.05, 0) is 43.9 Å². The summed E-state index contributed by atoms with van der Waals surface area (Å²) in [5, 5.41) is 5.55. The van der Waals surface area contributed by atoms with Gasteiger partial charge in [0.2, 0.25) is 11.8 Å². The molecule has 1 atom stereocenters. The van der Waals surface area contributed by atoms with Crippen molar-refractivity contribution in [2.45, 2.75) is 53.6 Å². The van der Waals surface area contributed by atoms with Crippen LogP contribution in [0.4, 0.5) is 11.4 Å². The van der Waals surface area contributed by atoms with Crippen molar-refractivity contribution in [1.29, 1.82) is 0 Å². The molecule has 0 aliphatic heterocycles. The SMILES string of the molecule is CC(=O)Nc1ccc(C)cc1NC(=O)CCO[C@@H](C)CC(C)C. The minimum Gasteiger partial charge on any atom is -0.378 e. The van der Waals surface area contributed by atoms with Crippen LogP contribution in [0, 0.1) is 12.8 Å². The van der Waals surface area contributed by atoms with E-state index in [1.807, 2.05) is 26.0 Å². The Morgan fingerprint density at radius 2 is 1.83 bits per heavy atom. The molecule has 0 aromatic heterocycles. The smallest absolute Gasteiger partial charge is 0.226 e. The second-order valence-corrected chi connectivity index (χ2v) is 6.34. The van der Waals surface area contributed by atoms with E-state index in [4.69, 9.17) is 4.74 Å². The third-order valence-electron chi connectivity index (χ3n) is 3.29. The number of ether oxygens (including phenoxy) is 1. The van der Waals surface area contributed by atoms with Gasteiger partial charge in [-0.1, -0.05) is 19.9 Å². The molecule has 23 heavy (non-hydrogen) atoms. The molecule has 0 saturated heterocycles. The number of anilines is 2. The van der Waals surface area contributed by atoms with Gasteiger partial charge < -0.3 is 15.4 Å². The summed E-state index contributed by atoms with van der Waals surface area (Å²) < 4.78 is 5.65. The van der Waals surface area contributed by atoms with Crippen LogP contribution in [0.3, 0.4) is 0 Å². The van der Waals surface area contributed by atoms with E-state index >= 15 is 0 Å². The number of carbonyl (C=O) groups is 2. The summed E-state index contributed by atoms with van der Waals surface area (Å²) >= 11 is 0. The first-order chi connectivity index (χ1) is 10.8. The van der Waals surface area contributed by atoms with Crippen LogP contribution in [0.2, 0.25) is 0 Å². The van der Waals surface area contributed by atoms with Gasteiger partial charge in [0.1, 0.15) is 0 Å². The van der Waals surface area contributed by atoms with E-state index in [0.29, 0.717) is 23.9 Å². The van der Waals surface area contributed by atoms with Crippen molar-refractivity contribution in [1.82, 2.24) is 0 Å². The van der Waals surface area contributed by atoms with Crippen molar-refractivity contribution in [3.8, 4) is 0 Å². The summed E-state index contributed by atoms with van der Waals surface area (Å²) in [5.41, 5.74) is 2.22. The summed E-state index contributed by atoms with van der Waals surface area (Å²) in [6.07, 6.45) is 1.42. The van der Waals surface area contributed by atoms with Crippen molar-refractivity contribution >= 4 is 23.2 Å². The first kappa shape index (κ1) is 19.2. The number of amides is 2. The van der Waals surface area contributed by atoms with Gasteiger partial charge in [-0.2, -0.15) is 0 Å². The third kappa shape index (κ3) is 7.79. The Bertz CT molecular complexity index is 541. The Balaban J connectivity index is 2.53. The molecule has 0 radical (unpaired) electrons. The number of carbonyl (C=O) groups excluding carboxylic acids is 2. The van der Waals surface area contributed by atoms with Crippen LogP contribution in [0.15, 0.2) is 18.2 Å². The van der Waals surface area contributed by atoms with Crippen LogP contribution in [-0.4, -0.2) is 24.5 Å². The molecule has 0 saturated carbocycles. The van der Waals surface area contributed by atoms with Gasteiger partial charge in [0.25, 0.3) is 0 Å². The maximum atomic E-state index is 12.1. The number of nitrogens with one attached hydrogen (secondary N) is 2. The molecule has 0 spiro atoms. The van der Waals surface area contributed by atoms with E-state index in [9.17, 15) is 9.59 Å². The molecule has 0 aliphatic carbocycles. The van der Waals surface area contributed by atoms with E-state index in [1.54, 1.807) is 6.07 Å². The standard InChI is InChI=1S/C18H28N2O3/c1-12(2)10-14(4)23-9-8-18(22)20-17-11-13(3)6-7-16(17)19-15(5)21/h6-7,11-12,14H,8-10H2,1-5H3,(H,19,21)(H,20,22)/t14-/m0/s1. The first-order valence-corrected chi connectivity index (χ1v) is 8.07. The molecule has 0 fully saturated rings. The Kier molecular flexibility index (Phi) is 7.75. The number of hydrogen-bond donors (Lipinski definition) is 2. The lowest BCUT2D eigenvalue weighted by atomic mass is 10.1. The molecule has 5 nitrogen and oxygen atoms in total. The highest BCUT2D eigenvalue weighted by Gasteiger charge is 2.10. The molecule has 5 heteroatoms. The lowest BCUT2D eigenvalue weighted by Crippen LogP contribution is -2.19. The van der Waals surface area contributed by atoms with Gasteiger partial charge in [-0.15, -0.1) is 0 Å². The average Bonchev–Trinajstić information content (AvgIpc) is 2.40. The van der Waals surface area contributed by atoms with E-state index in [-0.39, 0.29) is 24.3 Å². The zero-order valence-corrected chi connectivity index (χ0v) is 14.7. The molecule has 0 bridgehead atoms. The molecule has 2 amide bonds. The molecule has 2 N–H and O–H groups in total. The fraction of sp³-hybridized carbons (Fsp3) is 0.556. The predicted molar refractivity (Wildman–Crippen MR) is 93.6 cm³/mol. The van der Waals surface area contributed by atoms with E-state index in [2.05, 4.69) is 24.5 Å². The van der Waals surface area contributed by atoms with Crippen molar-refractivity contribution in [3.05, 3.63) is 23.8 Å². The van der Waals surface area contributed by atoms with E-state index < -0.39 is 0 Å². The van der Waals surface area contributed by atoms with Crippen LogP contribution in [-0.2, 0) is 14.3 Å². The van der Waals surface area contributed by atoms with Crippen LogP contribution in [0.5, 0.6) is 0 Å². The van der Waals surface area contributed by atoms with Crippen LogP contribution in [0.25, 0.3) is 0 Å². The fourth-order valence-corrected chi connectivity index (χ4v) is 2.36. The van der Waals surface area contributed by atoms with Crippen molar-refractivity contribution in [2.75, 3.05) is 17.2 Å². The molecular formula is C18H28N2O3. The normalized spacial score (nSPS) is 12.1. The fourth-order valence-electron chi connectivity index (χ4n) is 2.36. The Morgan fingerprint density at radius 1 is 1.13 bits per heavy atom. The number of rotatable bonds is 8. The molecule has 128 valence electrons. The van der Waals surface area contributed by atoms with Crippen molar-refractivity contribution < 1.29 is 14.3 Å². The monoisotopic (exact) mass is 320 g/mol. The van der Waals surface area contributed by atoms with E-state index in [1.165, 1.54) is 6.92 Å². The molecule has 0 aliphatic rings. The van der Waals surface area contributed by atoms with Crippen LogP contribution < -0.4 is 10.6 Å².